The molecule has 1 spiro atoms. The van der Waals surface area contributed by atoms with E-state index in [0.29, 0.717) is 0 Å². The fourth-order valence-corrected chi connectivity index (χ4v) is 9.94. The Morgan fingerprint density at radius 1 is 0.404 bits per heavy atom. The quantitative estimate of drug-likeness (QED) is 0.178. The highest BCUT2D eigenvalue weighted by Gasteiger charge is 2.50. The van der Waals surface area contributed by atoms with E-state index >= 15 is 0 Å². The molecule has 0 fully saturated rings. The molecule has 1 aliphatic heterocycles. The van der Waals surface area contributed by atoms with E-state index in [4.69, 9.17) is 0 Å². The highest BCUT2D eigenvalue weighted by molar-refractivity contribution is 7.99. The third-order valence-electron chi connectivity index (χ3n) is 10.6. The van der Waals surface area contributed by atoms with Crippen LogP contribution in [0, 0.1) is 0 Å². The smallest absolute Gasteiger partial charge is 0.0735 e. The van der Waals surface area contributed by atoms with Crippen molar-refractivity contribution >= 4 is 55.1 Å². The van der Waals surface area contributed by atoms with Crippen LogP contribution in [0.15, 0.2) is 174 Å². The van der Waals surface area contributed by atoms with Crippen molar-refractivity contribution in [3.8, 4) is 16.8 Å². The van der Waals surface area contributed by atoms with Crippen molar-refractivity contribution in [1.82, 2.24) is 4.57 Å². The molecule has 9 aromatic rings. The highest BCUT2D eigenvalue weighted by atomic mass is 32.2. The zero-order valence-electron chi connectivity index (χ0n) is 25.4. The minimum absolute atomic E-state index is 0.402. The molecule has 0 N–H and O–H groups in total. The summed E-state index contributed by atoms with van der Waals surface area (Å²) in [5.74, 6) is 0. The summed E-state index contributed by atoms with van der Waals surface area (Å²) in [6.45, 7) is 0. The lowest BCUT2D eigenvalue weighted by Gasteiger charge is -2.39. The Bertz CT molecular complexity index is 2740. The Balaban J connectivity index is 1.33. The summed E-state index contributed by atoms with van der Waals surface area (Å²) in [7, 11) is 0. The Kier molecular flexibility index (Phi) is 5.04. The molecule has 1 aromatic heterocycles. The van der Waals surface area contributed by atoms with Gasteiger partial charge in [-0.2, -0.15) is 0 Å². The fraction of sp³-hybridized carbons (Fsp3) is 0.0222. The van der Waals surface area contributed by atoms with Crippen LogP contribution in [0.2, 0.25) is 0 Å². The van der Waals surface area contributed by atoms with E-state index in [9.17, 15) is 0 Å². The molecule has 218 valence electrons. The first-order valence-corrected chi connectivity index (χ1v) is 17.1. The van der Waals surface area contributed by atoms with Crippen LogP contribution < -0.4 is 0 Å². The first-order chi connectivity index (χ1) is 23.3. The van der Waals surface area contributed by atoms with E-state index in [0.717, 1.165) is 0 Å². The SMILES string of the molecule is c1ccc2c(c1)Sc1cc3c(cc1C21c2ccccc2-c2ccccc21)c1c2ccccc2ccc1n3-c1ccc2ccccc2c1. The van der Waals surface area contributed by atoms with E-state index < -0.39 is 5.41 Å². The summed E-state index contributed by atoms with van der Waals surface area (Å²) in [5.41, 5.74) is 11.4. The van der Waals surface area contributed by atoms with Gasteiger partial charge in [0.1, 0.15) is 0 Å². The molecular formula is C45H27NS. The molecule has 2 heteroatoms. The number of rotatable bonds is 1. The maximum Gasteiger partial charge on any atom is 0.0735 e. The molecule has 2 heterocycles. The van der Waals surface area contributed by atoms with Crippen LogP contribution in [-0.2, 0) is 5.41 Å². The van der Waals surface area contributed by atoms with E-state index in [2.05, 4.69) is 168 Å². The second-order valence-corrected chi connectivity index (χ2v) is 13.9. The van der Waals surface area contributed by atoms with E-state index in [1.54, 1.807) is 0 Å². The minimum atomic E-state index is -0.402. The number of benzene rings is 8. The first-order valence-electron chi connectivity index (χ1n) is 16.3. The van der Waals surface area contributed by atoms with Crippen molar-refractivity contribution in [2.24, 2.45) is 0 Å². The van der Waals surface area contributed by atoms with Crippen LogP contribution in [0.5, 0.6) is 0 Å². The van der Waals surface area contributed by atoms with Crippen molar-refractivity contribution in [2.45, 2.75) is 15.2 Å². The number of nitrogens with zero attached hydrogens (tertiary/aromatic N) is 1. The van der Waals surface area contributed by atoms with Crippen LogP contribution in [0.25, 0.3) is 60.2 Å². The molecule has 0 saturated carbocycles. The average Bonchev–Trinajstić information content (AvgIpc) is 3.61. The van der Waals surface area contributed by atoms with Crippen LogP contribution in [-0.4, -0.2) is 4.57 Å². The largest absolute Gasteiger partial charge is 0.309 e. The predicted octanol–water partition coefficient (Wildman–Crippen LogP) is 11.9. The van der Waals surface area contributed by atoms with Gasteiger partial charge in [-0.3, -0.25) is 0 Å². The van der Waals surface area contributed by atoms with Crippen molar-refractivity contribution in [1.29, 1.82) is 0 Å². The second kappa shape index (κ2) is 9.25. The van der Waals surface area contributed by atoms with Gasteiger partial charge in [0, 0.05) is 26.3 Å². The van der Waals surface area contributed by atoms with Crippen molar-refractivity contribution in [3.05, 3.63) is 186 Å². The predicted molar refractivity (Wildman–Crippen MR) is 197 cm³/mol. The van der Waals surface area contributed by atoms with E-state index in [1.165, 1.54) is 92.2 Å². The summed E-state index contributed by atoms with van der Waals surface area (Å²) in [5, 5.41) is 7.67. The highest BCUT2D eigenvalue weighted by Crippen LogP contribution is 2.62. The van der Waals surface area contributed by atoms with Gasteiger partial charge in [-0.1, -0.05) is 139 Å². The standard InChI is InChI=1S/C45H27NS/c1-2-13-30-25-31(23-21-28(30)11-1)46-40-24-22-29-12-3-4-14-32(29)44(40)35-26-39-43(27-41(35)46)47-42-20-10-9-19-38(42)45(39)36-17-7-5-15-33(36)34-16-6-8-18-37(34)45/h1-27H. The number of hydrogen-bond donors (Lipinski definition) is 0. The van der Waals surface area contributed by atoms with Crippen molar-refractivity contribution in [3.63, 3.8) is 0 Å². The van der Waals surface area contributed by atoms with Gasteiger partial charge in [-0.05, 0) is 91.3 Å². The fourth-order valence-electron chi connectivity index (χ4n) is 8.73. The maximum atomic E-state index is 2.55. The first kappa shape index (κ1) is 25.6. The summed E-state index contributed by atoms with van der Waals surface area (Å²) in [4.78, 5) is 2.64. The number of hydrogen-bond acceptors (Lipinski definition) is 1. The van der Waals surface area contributed by atoms with E-state index in [-0.39, 0.29) is 0 Å². The lowest BCUT2D eigenvalue weighted by Crippen LogP contribution is -2.31. The zero-order chi connectivity index (χ0) is 30.7. The third kappa shape index (κ3) is 3.26. The van der Waals surface area contributed by atoms with Crippen molar-refractivity contribution < 1.29 is 0 Å². The minimum Gasteiger partial charge on any atom is -0.309 e. The maximum absolute atomic E-state index is 2.55. The Labute approximate surface area is 276 Å². The van der Waals surface area contributed by atoms with Gasteiger partial charge in [-0.25, -0.2) is 0 Å². The molecule has 2 aliphatic rings. The van der Waals surface area contributed by atoms with Crippen LogP contribution in [0.4, 0.5) is 0 Å². The van der Waals surface area contributed by atoms with Gasteiger partial charge in [0.2, 0.25) is 0 Å². The normalized spacial score (nSPS) is 14.0. The van der Waals surface area contributed by atoms with Gasteiger partial charge in [-0.15, -0.1) is 0 Å². The van der Waals surface area contributed by atoms with Gasteiger partial charge in [0.15, 0.2) is 0 Å². The number of fused-ring (bicyclic) bond motifs is 15. The summed E-state index contributed by atoms with van der Waals surface area (Å²) in [6.07, 6.45) is 0. The average molecular weight is 614 g/mol. The lowest BCUT2D eigenvalue weighted by molar-refractivity contribution is 0.724. The number of aromatic nitrogens is 1. The Morgan fingerprint density at radius 2 is 1.04 bits per heavy atom. The molecule has 0 saturated heterocycles. The van der Waals surface area contributed by atoms with E-state index in [1.807, 2.05) is 11.8 Å². The van der Waals surface area contributed by atoms with Crippen molar-refractivity contribution in [2.75, 3.05) is 0 Å². The monoisotopic (exact) mass is 613 g/mol. The Morgan fingerprint density at radius 3 is 1.85 bits per heavy atom. The van der Waals surface area contributed by atoms with Gasteiger partial charge in [0.25, 0.3) is 0 Å². The summed E-state index contributed by atoms with van der Waals surface area (Å²) in [6, 6.07) is 61.3. The van der Waals surface area contributed by atoms with Crippen LogP contribution in [0.3, 0.4) is 0 Å². The molecule has 0 amide bonds. The van der Waals surface area contributed by atoms with Crippen LogP contribution >= 0.6 is 11.8 Å². The molecule has 8 aromatic carbocycles. The molecule has 1 aliphatic carbocycles. The van der Waals surface area contributed by atoms with Gasteiger partial charge < -0.3 is 4.57 Å². The molecule has 0 unspecified atom stereocenters. The molecular weight excluding hydrogens is 587 g/mol. The van der Waals surface area contributed by atoms with Gasteiger partial charge in [0.05, 0.1) is 16.4 Å². The molecule has 0 atom stereocenters. The third-order valence-corrected chi connectivity index (χ3v) is 11.7. The molecule has 0 radical (unpaired) electrons. The molecule has 0 bridgehead atoms. The molecule has 11 rings (SSSR count). The topological polar surface area (TPSA) is 4.93 Å². The second-order valence-electron chi connectivity index (χ2n) is 12.9. The summed E-state index contributed by atoms with van der Waals surface area (Å²) >= 11 is 1.91. The Hall–Kier alpha value is -5.57. The van der Waals surface area contributed by atoms with Crippen LogP contribution in [0.1, 0.15) is 22.3 Å². The molecule has 1 nitrogen and oxygen atoms in total. The molecule has 47 heavy (non-hydrogen) atoms. The zero-order valence-corrected chi connectivity index (χ0v) is 26.3. The lowest BCUT2D eigenvalue weighted by atomic mass is 9.67. The van der Waals surface area contributed by atoms with Gasteiger partial charge >= 0.3 is 0 Å². The summed E-state index contributed by atoms with van der Waals surface area (Å²) < 4.78 is 2.49.